The van der Waals surface area contributed by atoms with Crippen LogP contribution in [0.25, 0.3) is 10.8 Å². The van der Waals surface area contributed by atoms with E-state index in [2.05, 4.69) is 12.2 Å². The minimum atomic E-state index is -0.205. The highest BCUT2D eigenvalue weighted by Gasteiger charge is 2.24. The van der Waals surface area contributed by atoms with Crippen LogP contribution in [-0.2, 0) is 0 Å². The number of para-hydroxylation sites is 1. The Bertz CT molecular complexity index is 1020. The second-order valence-electron chi connectivity index (χ2n) is 7.52. The van der Waals surface area contributed by atoms with Gasteiger partial charge in [0, 0.05) is 18.7 Å². The summed E-state index contributed by atoms with van der Waals surface area (Å²) in [5, 5.41) is 4.88. The van der Waals surface area contributed by atoms with Crippen molar-refractivity contribution in [3.8, 4) is 0 Å². The van der Waals surface area contributed by atoms with Crippen LogP contribution in [0.15, 0.2) is 66.7 Å². The number of piperidine rings is 1. The zero-order chi connectivity index (χ0) is 19.5. The lowest BCUT2D eigenvalue weighted by molar-refractivity contribution is 0.0684. The number of hydrogen-bond donors (Lipinski definition) is 1. The van der Waals surface area contributed by atoms with Crippen molar-refractivity contribution in [2.75, 3.05) is 18.4 Å². The predicted octanol–water partition coefficient (Wildman–Crippen LogP) is 4.96. The number of rotatable bonds is 3. The molecule has 1 aliphatic rings. The molecule has 0 aliphatic carbocycles. The average Bonchev–Trinajstić information content (AvgIpc) is 2.73. The summed E-state index contributed by atoms with van der Waals surface area (Å²) in [6.45, 7) is 3.72. The van der Waals surface area contributed by atoms with Crippen LogP contribution in [-0.4, -0.2) is 29.8 Å². The molecule has 1 N–H and O–H groups in total. The van der Waals surface area contributed by atoms with Crippen molar-refractivity contribution in [2.24, 2.45) is 5.92 Å². The molecular formula is C24H24N2O2. The van der Waals surface area contributed by atoms with E-state index >= 15 is 0 Å². The maximum absolute atomic E-state index is 13.1. The summed E-state index contributed by atoms with van der Waals surface area (Å²) in [6, 6.07) is 20.8. The maximum atomic E-state index is 13.1. The minimum absolute atomic E-state index is 0.0135. The van der Waals surface area contributed by atoms with E-state index in [9.17, 15) is 9.59 Å². The van der Waals surface area contributed by atoms with Crippen molar-refractivity contribution in [3.63, 3.8) is 0 Å². The molecular weight excluding hydrogens is 348 g/mol. The van der Waals surface area contributed by atoms with Crippen molar-refractivity contribution in [1.29, 1.82) is 0 Å². The molecule has 0 saturated carbocycles. The molecule has 0 unspecified atom stereocenters. The topological polar surface area (TPSA) is 49.4 Å². The first-order chi connectivity index (χ1) is 13.6. The predicted molar refractivity (Wildman–Crippen MR) is 113 cm³/mol. The van der Waals surface area contributed by atoms with Crippen LogP contribution < -0.4 is 5.32 Å². The lowest BCUT2D eigenvalue weighted by atomic mass is 9.99. The Morgan fingerprint density at radius 1 is 0.929 bits per heavy atom. The molecule has 1 atom stereocenters. The van der Waals surface area contributed by atoms with Crippen LogP contribution in [0, 0.1) is 5.92 Å². The number of fused-ring (bicyclic) bond motifs is 1. The Morgan fingerprint density at radius 2 is 1.64 bits per heavy atom. The molecule has 0 aromatic heterocycles. The highest BCUT2D eigenvalue weighted by Crippen LogP contribution is 2.24. The summed E-state index contributed by atoms with van der Waals surface area (Å²) in [6.07, 6.45) is 2.18. The van der Waals surface area contributed by atoms with Gasteiger partial charge in [-0.05, 0) is 47.7 Å². The molecule has 3 aromatic rings. The normalized spacial score (nSPS) is 16.8. The number of nitrogens with one attached hydrogen (secondary N) is 1. The summed E-state index contributed by atoms with van der Waals surface area (Å²) < 4.78 is 0. The first kappa shape index (κ1) is 18.2. The molecule has 2 amide bonds. The van der Waals surface area contributed by atoms with Gasteiger partial charge in [0.05, 0.1) is 11.3 Å². The lowest BCUT2D eigenvalue weighted by Gasteiger charge is -2.31. The largest absolute Gasteiger partial charge is 0.338 e. The molecule has 4 heteroatoms. The van der Waals surface area contributed by atoms with Gasteiger partial charge in [-0.2, -0.15) is 0 Å². The van der Waals surface area contributed by atoms with Gasteiger partial charge in [-0.1, -0.05) is 55.5 Å². The van der Waals surface area contributed by atoms with E-state index in [-0.39, 0.29) is 11.8 Å². The summed E-state index contributed by atoms with van der Waals surface area (Å²) in [4.78, 5) is 28.0. The maximum Gasteiger partial charge on any atom is 0.256 e. The Balaban J connectivity index is 1.62. The number of carbonyl (C=O) groups is 2. The Morgan fingerprint density at radius 3 is 2.50 bits per heavy atom. The molecule has 0 bridgehead atoms. The second kappa shape index (κ2) is 7.85. The van der Waals surface area contributed by atoms with E-state index in [4.69, 9.17) is 0 Å². The molecule has 0 spiro atoms. The number of likely N-dealkylation sites (tertiary alicyclic amines) is 1. The fourth-order valence-electron chi connectivity index (χ4n) is 3.94. The molecule has 3 aromatic carbocycles. The summed E-state index contributed by atoms with van der Waals surface area (Å²) in [5.74, 6) is 0.291. The van der Waals surface area contributed by atoms with Gasteiger partial charge in [-0.15, -0.1) is 0 Å². The molecule has 1 heterocycles. The van der Waals surface area contributed by atoms with Gasteiger partial charge in [0.15, 0.2) is 0 Å². The van der Waals surface area contributed by atoms with Crippen LogP contribution in [0.2, 0.25) is 0 Å². The lowest BCUT2D eigenvalue weighted by Crippen LogP contribution is -2.39. The Hall–Kier alpha value is -3.14. The zero-order valence-electron chi connectivity index (χ0n) is 16.0. The summed E-state index contributed by atoms with van der Waals surface area (Å²) >= 11 is 0. The van der Waals surface area contributed by atoms with E-state index in [0.717, 1.165) is 36.7 Å². The molecule has 28 heavy (non-hydrogen) atoms. The van der Waals surface area contributed by atoms with E-state index in [1.165, 1.54) is 0 Å². The Labute approximate surface area is 165 Å². The average molecular weight is 372 g/mol. The molecule has 1 saturated heterocycles. The van der Waals surface area contributed by atoms with Gasteiger partial charge in [-0.3, -0.25) is 9.59 Å². The number of hydrogen-bond acceptors (Lipinski definition) is 2. The van der Waals surface area contributed by atoms with E-state index in [0.29, 0.717) is 22.7 Å². The third kappa shape index (κ3) is 3.63. The minimum Gasteiger partial charge on any atom is -0.338 e. The summed E-state index contributed by atoms with van der Waals surface area (Å²) in [5.41, 5.74) is 1.71. The van der Waals surface area contributed by atoms with E-state index in [1.54, 1.807) is 12.1 Å². The van der Waals surface area contributed by atoms with Crippen molar-refractivity contribution < 1.29 is 9.59 Å². The molecule has 4 rings (SSSR count). The van der Waals surface area contributed by atoms with Crippen LogP contribution in [0.5, 0.6) is 0 Å². The molecule has 142 valence electrons. The molecule has 4 nitrogen and oxygen atoms in total. The van der Waals surface area contributed by atoms with Gasteiger partial charge in [0.25, 0.3) is 11.8 Å². The highest BCUT2D eigenvalue weighted by atomic mass is 16.2. The zero-order valence-corrected chi connectivity index (χ0v) is 16.0. The Kier molecular flexibility index (Phi) is 5.11. The second-order valence-corrected chi connectivity index (χ2v) is 7.52. The third-order valence-electron chi connectivity index (χ3n) is 5.38. The van der Waals surface area contributed by atoms with Gasteiger partial charge >= 0.3 is 0 Å². The van der Waals surface area contributed by atoms with Gasteiger partial charge in [-0.25, -0.2) is 0 Å². The van der Waals surface area contributed by atoms with Crippen LogP contribution >= 0.6 is 0 Å². The van der Waals surface area contributed by atoms with Crippen LogP contribution in [0.4, 0.5) is 5.69 Å². The first-order valence-corrected chi connectivity index (χ1v) is 9.81. The standard InChI is InChI=1S/C24H24N2O2/c1-17-8-7-15-26(16-17)24(28)21-12-4-5-14-22(21)25-23(27)20-13-6-10-18-9-2-3-11-19(18)20/h2-6,9-14,17H,7-8,15-16H2,1H3,(H,25,27)/t17-/m0/s1. The number of anilines is 1. The van der Waals surface area contributed by atoms with Crippen LogP contribution in [0.1, 0.15) is 40.5 Å². The fourth-order valence-corrected chi connectivity index (χ4v) is 3.94. The van der Waals surface area contributed by atoms with E-state index < -0.39 is 0 Å². The monoisotopic (exact) mass is 372 g/mol. The van der Waals surface area contributed by atoms with Crippen molar-refractivity contribution in [1.82, 2.24) is 4.90 Å². The van der Waals surface area contributed by atoms with E-state index in [1.807, 2.05) is 59.5 Å². The van der Waals surface area contributed by atoms with Gasteiger partial charge in [0.2, 0.25) is 0 Å². The molecule has 1 fully saturated rings. The number of benzene rings is 3. The SMILES string of the molecule is C[C@H]1CCCN(C(=O)c2ccccc2NC(=O)c2cccc3ccccc23)C1. The van der Waals surface area contributed by atoms with Gasteiger partial charge < -0.3 is 10.2 Å². The fraction of sp³-hybridized carbons (Fsp3) is 0.250. The highest BCUT2D eigenvalue weighted by molar-refractivity contribution is 6.14. The molecule has 1 aliphatic heterocycles. The van der Waals surface area contributed by atoms with Crippen molar-refractivity contribution >= 4 is 28.3 Å². The first-order valence-electron chi connectivity index (χ1n) is 9.81. The quantitative estimate of drug-likeness (QED) is 0.706. The van der Waals surface area contributed by atoms with Crippen molar-refractivity contribution in [3.05, 3.63) is 77.9 Å². The van der Waals surface area contributed by atoms with Crippen LogP contribution in [0.3, 0.4) is 0 Å². The van der Waals surface area contributed by atoms with Crippen molar-refractivity contribution in [2.45, 2.75) is 19.8 Å². The smallest absolute Gasteiger partial charge is 0.256 e. The molecule has 0 radical (unpaired) electrons. The number of carbonyl (C=O) groups excluding carboxylic acids is 2. The summed E-state index contributed by atoms with van der Waals surface area (Å²) in [7, 11) is 0. The third-order valence-corrected chi connectivity index (χ3v) is 5.38. The number of nitrogens with zero attached hydrogens (tertiary/aromatic N) is 1. The number of amides is 2. The van der Waals surface area contributed by atoms with Gasteiger partial charge in [0.1, 0.15) is 0 Å².